The maximum atomic E-state index is 11.7. The topological polar surface area (TPSA) is 55.1 Å². The van der Waals surface area contributed by atoms with Crippen molar-refractivity contribution in [3.63, 3.8) is 0 Å². The van der Waals surface area contributed by atoms with E-state index >= 15 is 0 Å². The Bertz CT molecular complexity index is 439. The van der Waals surface area contributed by atoms with Gasteiger partial charge < -0.3 is 11.1 Å². The van der Waals surface area contributed by atoms with Gasteiger partial charge in [0.05, 0.1) is 12.1 Å². The summed E-state index contributed by atoms with van der Waals surface area (Å²) in [6, 6.07) is 6.47. The highest BCUT2D eigenvalue weighted by atomic mass is 35.5. The Morgan fingerprint density at radius 2 is 2.24 bits per heavy atom. The highest BCUT2D eigenvalue weighted by Gasteiger charge is 2.16. The molecule has 0 saturated heterocycles. The van der Waals surface area contributed by atoms with Crippen molar-refractivity contribution in [3.8, 4) is 12.3 Å². The molecular weight excluding hydrogens is 236 g/mol. The minimum absolute atomic E-state index is 0.194. The summed E-state index contributed by atoms with van der Waals surface area (Å²) in [5, 5.41) is 3.39. The van der Waals surface area contributed by atoms with Crippen molar-refractivity contribution >= 4 is 17.5 Å². The van der Waals surface area contributed by atoms with Crippen LogP contribution >= 0.6 is 11.6 Å². The van der Waals surface area contributed by atoms with Crippen LogP contribution in [0.3, 0.4) is 0 Å². The van der Waals surface area contributed by atoms with Crippen LogP contribution in [0.15, 0.2) is 24.3 Å². The molecule has 1 unspecified atom stereocenters. The molecule has 0 aliphatic carbocycles. The zero-order valence-electron chi connectivity index (χ0n) is 9.61. The highest BCUT2D eigenvalue weighted by molar-refractivity contribution is 6.31. The van der Waals surface area contributed by atoms with Gasteiger partial charge in [0.25, 0.3) is 0 Å². The molecule has 0 radical (unpaired) electrons. The lowest BCUT2D eigenvalue weighted by atomic mass is 10.1. The minimum atomic E-state index is -0.676. The fourth-order valence-electron chi connectivity index (χ4n) is 1.44. The molecule has 0 aromatic heterocycles. The van der Waals surface area contributed by atoms with Crippen molar-refractivity contribution in [2.45, 2.75) is 25.4 Å². The number of carbonyl (C=O) groups excluding carboxylic acids is 1. The van der Waals surface area contributed by atoms with Crippen LogP contribution in [-0.2, 0) is 4.79 Å². The van der Waals surface area contributed by atoms with E-state index in [0.29, 0.717) is 5.02 Å². The Kier molecular flexibility index (Phi) is 5.02. The highest BCUT2D eigenvalue weighted by Crippen LogP contribution is 2.22. The lowest BCUT2D eigenvalue weighted by Crippen LogP contribution is -2.41. The van der Waals surface area contributed by atoms with Crippen LogP contribution in [0.25, 0.3) is 0 Å². The van der Waals surface area contributed by atoms with E-state index < -0.39 is 6.04 Å². The number of amides is 1. The molecule has 1 rings (SSSR count). The number of rotatable bonds is 4. The van der Waals surface area contributed by atoms with Gasteiger partial charge in [-0.25, -0.2) is 0 Å². The van der Waals surface area contributed by atoms with Crippen LogP contribution in [0, 0.1) is 12.3 Å². The molecule has 3 nitrogen and oxygen atoms in total. The summed E-state index contributed by atoms with van der Waals surface area (Å²) in [7, 11) is 0. The lowest BCUT2D eigenvalue weighted by molar-refractivity contribution is -0.122. The molecule has 1 aromatic carbocycles. The van der Waals surface area contributed by atoms with E-state index in [2.05, 4.69) is 11.2 Å². The van der Waals surface area contributed by atoms with E-state index in [9.17, 15) is 4.79 Å². The third-order valence-corrected chi connectivity index (χ3v) is 2.75. The van der Waals surface area contributed by atoms with Crippen molar-refractivity contribution in [1.82, 2.24) is 5.32 Å². The summed E-state index contributed by atoms with van der Waals surface area (Å²) in [6.45, 7) is 1.85. The molecule has 0 heterocycles. The van der Waals surface area contributed by atoms with Crippen LogP contribution in [0.4, 0.5) is 0 Å². The van der Waals surface area contributed by atoms with Gasteiger partial charge in [-0.3, -0.25) is 4.79 Å². The summed E-state index contributed by atoms with van der Waals surface area (Å²) in [4.78, 5) is 11.7. The van der Waals surface area contributed by atoms with E-state index in [1.807, 2.05) is 25.1 Å². The second kappa shape index (κ2) is 6.29. The molecule has 0 aliphatic heterocycles. The van der Waals surface area contributed by atoms with Crippen LogP contribution in [0.2, 0.25) is 5.02 Å². The van der Waals surface area contributed by atoms with Gasteiger partial charge in [-0.05, 0) is 18.6 Å². The number of nitrogens with two attached hydrogens (primary N) is 1. The van der Waals surface area contributed by atoms with Crippen molar-refractivity contribution < 1.29 is 4.79 Å². The van der Waals surface area contributed by atoms with Crippen molar-refractivity contribution in [1.29, 1.82) is 0 Å². The molecule has 0 saturated carbocycles. The molecule has 0 bridgehead atoms. The second-order valence-corrected chi connectivity index (χ2v) is 4.17. The van der Waals surface area contributed by atoms with E-state index in [4.69, 9.17) is 23.8 Å². The van der Waals surface area contributed by atoms with E-state index in [1.165, 1.54) is 0 Å². The smallest absolute Gasteiger partial charge is 0.238 e. The molecule has 3 N–H and O–H groups in total. The number of nitrogens with one attached hydrogen (secondary N) is 1. The average molecular weight is 251 g/mol. The van der Waals surface area contributed by atoms with Gasteiger partial charge in [0.15, 0.2) is 0 Å². The Hall–Kier alpha value is -1.50. The summed E-state index contributed by atoms with van der Waals surface area (Å²) in [5.41, 5.74) is 6.46. The third kappa shape index (κ3) is 3.77. The molecule has 2 atom stereocenters. The SMILES string of the molecule is C#CCC(N)C(=O)N[C@@H](C)c1ccccc1Cl. The molecule has 1 amide bonds. The van der Waals surface area contributed by atoms with Crippen LogP contribution in [0.1, 0.15) is 24.9 Å². The van der Waals surface area contributed by atoms with Crippen LogP contribution in [-0.4, -0.2) is 11.9 Å². The largest absolute Gasteiger partial charge is 0.348 e. The zero-order chi connectivity index (χ0) is 12.8. The fraction of sp³-hybridized carbons (Fsp3) is 0.308. The van der Waals surface area contributed by atoms with Gasteiger partial charge in [-0.2, -0.15) is 0 Å². The number of carbonyl (C=O) groups is 1. The Morgan fingerprint density at radius 3 is 2.82 bits per heavy atom. The summed E-state index contributed by atoms with van der Waals surface area (Å²) < 4.78 is 0. The molecule has 90 valence electrons. The van der Waals surface area contributed by atoms with E-state index in [-0.39, 0.29) is 18.4 Å². The maximum absolute atomic E-state index is 11.7. The van der Waals surface area contributed by atoms with Gasteiger partial charge in [0.1, 0.15) is 0 Å². The van der Waals surface area contributed by atoms with Gasteiger partial charge >= 0.3 is 0 Å². The Balaban J connectivity index is 2.67. The predicted octanol–water partition coefficient (Wildman–Crippen LogP) is 1.87. The quantitative estimate of drug-likeness (QED) is 0.802. The summed E-state index contributed by atoms with van der Waals surface area (Å²) >= 11 is 6.03. The minimum Gasteiger partial charge on any atom is -0.348 e. The molecule has 0 spiro atoms. The summed E-state index contributed by atoms with van der Waals surface area (Å²) in [5.74, 6) is 2.09. The Morgan fingerprint density at radius 1 is 1.59 bits per heavy atom. The zero-order valence-corrected chi connectivity index (χ0v) is 10.4. The van der Waals surface area contributed by atoms with E-state index in [1.54, 1.807) is 6.07 Å². The molecule has 0 aliphatic rings. The first-order valence-corrected chi connectivity index (χ1v) is 5.68. The van der Waals surface area contributed by atoms with Crippen molar-refractivity contribution in [2.75, 3.05) is 0 Å². The molecular formula is C13H15ClN2O. The van der Waals surface area contributed by atoms with Crippen molar-refractivity contribution in [2.24, 2.45) is 5.73 Å². The monoisotopic (exact) mass is 250 g/mol. The predicted molar refractivity (Wildman–Crippen MR) is 69.4 cm³/mol. The summed E-state index contributed by atoms with van der Waals surface area (Å²) in [6.07, 6.45) is 5.33. The lowest BCUT2D eigenvalue weighted by Gasteiger charge is -2.17. The first-order chi connectivity index (χ1) is 8.06. The van der Waals surface area contributed by atoms with Crippen LogP contribution < -0.4 is 11.1 Å². The average Bonchev–Trinajstić information content (AvgIpc) is 2.29. The van der Waals surface area contributed by atoms with Gasteiger partial charge in [-0.15, -0.1) is 12.3 Å². The number of terminal acetylenes is 1. The standard InChI is InChI=1S/C13H15ClN2O/c1-3-6-12(15)13(17)16-9(2)10-7-4-5-8-11(10)14/h1,4-5,7-9,12H,6,15H2,2H3,(H,16,17)/t9-,12?/m0/s1. The fourth-order valence-corrected chi connectivity index (χ4v) is 1.74. The number of halogens is 1. The number of hydrogen-bond donors (Lipinski definition) is 2. The van der Waals surface area contributed by atoms with Gasteiger partial charge in [0, 0.05) is 11.4 Å². The third-order valence-electron chi connectivity index (χ3n) is 2.41. The first-order valence-electron chi connectivity index (χ1n) is 5.30. The number of benzene rings is 1. The molecule has 1 aromatic rings. The maximum Gasteiger partial charge on any atom is 0.238 e. The number of hydrogen-bond acceptors (Lipinski definition) is 2. The second-order valence-electron chi connectivity index (χ2n) is 3.77. The van der Waals surface area contributed by atoms with Crippen LogP contribution in [0.5, 0.6) is 0 Å². The normalized spacial score (nSPS) is 13.5. The van der Waals surface area contributed by atoms with Crippen molar-refractivity contribution in [3.05, 3.63) is 34.9 Å². The first kappa shape index (κ1) is 13.6. The van der Waals surface area contributed by atoms with Gasteiger partial charge in [-0.1, -0.05) is 29.8 Å². The molecule has 0 fully saturated rings. The van der Waals surface area contributed by atoms with Gasteiger partial charge in [0.2, 0.25) is 5.91 Å². The van der Waals surface area contributed by atoms with E-state index in [0.717, 1.165) is 5.56 Å². The molecule has 4 heteroatoms. The molecule has 17 heavy (non-hydrogen) atoms. The Labute approximate surface area is 106 Å².